The Labute approximate surface area is 118 Å². The molecule has 0 fully saturated rings. The number of carbonyl (C=O) groups excluding carboxylic acids is 1. The normalized spacial score (nSPS) is 12.2. The van der Waals surface area contributed by atoms with E-state index in [1.807, 2.05) is 44.2 Å². The summed E-state index contributed by atoms with van der Waals surface area (Å²) >= 11 is 0. The first-order valence-electron chi connectivity index (χ1n) is 6.53. The number of ether oxygens (including phenoxy) is 1. The summed E-state index contributed by atoms with van der Waals surface area (Å²) in [6.07, 6.45) is -0.767. The third-order valence-electron chi connectivity index (χ3n) is 3.01. The molecule has 0 spiro atoms. The van der Waals surface area contributed by atoms with Gasteiger partial charge in [-0.1, -0.05) is 32.0 Å². The fraction of sp³-hybridized carbons (Fsp3) is 0.312. The number of fused-ring (bicyclic) bond motifs is 1. The number of benzene rings is 1. The van der Waals surface area contributed by atoms with Gasteiger partial charge in [0.1, 0.15) is 6.07 Å². The van der Waals surface area contributed by atoms with Gasteiger partial charge in [0.25, 0.3) is 0 Å². The summed E-state index contributed by atoms with van der Waals surface area (Å²) in [5.41, 5.74) is 2.05. The highest BCUT2D eigenvalue weighted by atomic mass is 16.5. The molecule has 4 nitrogen and oxygen atoms in total. The Kier molecular flexibility index (Phi) is 3.99. The van der Waals surface area contributed by atoms with E-state index >= 15 is 0 Å². The van der Waals surface area contributed by atoms with Crippen LogP contribution >= 0.6 is 0 Å². The SMILES string of the molecule is CC(C#N)OC(=O)c1cc(C(C)C)nc2ccccc12. The summed E-state index contributed by atoms with van der Waals surface area (Å²) in [7, 11) is 0. The van der Waals surface area contributed by atoms with Gasteiger partial charge in [-0.15, -0.1) is 0 Å². The highest BCUT2D eigenvalue weighted by Crippen LogP contribution is 2.23. The van der Waals surface area contributed by atoms with Gasteiger partial charge >= 0.3 is 5.97 Å². The van der Waals surface area contributed by atoms with Gasteiger partial charge in [0.2, 0.25) is 0 Å². The van der Waals surface area contributed by atoms with Gasteiger partial charge in [-0.3, -0.25) is 4.98 Å². The predicted octanol–water partition coefficient (Wildman–Crippen LogP) is 3.43. The Hall–Kier alpha value is -2.41. The summed E-state index contributed by atoms with van der Waals surface area (Å²) in [4.78, 5) is 16.7. The Morgan fingerprint density at radius 3 is 2.65 bits per heavy atom. The fourth-order valence-electron chi connectivity index (χ4n) is 1.91. The lowest BCUT2D eigenvalue weighted by molar-refractivity contribution is 0.0437. The van der Waals surface area contributed by atoms with Gasteiger partial charge < -0.3 is 4.74 Å². The molecule has 0 radical (unpaired) electrons. The molecule has 1 aromatic carbocycles. The van der Waals surface area contributed by atoms with Crippen molar-refractivity contribution in [2.75, 3.05) is 0 Å². The van der Waals surface area contributed by atoms with E-state index in [0.29, 0.717) is 5.56 Å². The maximum Gasteiger partial charge on any atom is 0.340 e. The molecule has 2 aromatic rings. The lowest BCUT2D eigenvalue weighted by Crippen LogP contribution is -2.14. The molecule has 1 aromatic heterocycles. The minimum Gasteiger partial charge on any atom is -0.444 e. The van der Waals surface area contributed by atoms with E-state index in [1.165, 1.54) is 0 Å². The second kappa shape index (κ2) is 5.70. The second-order valence-corrected chi connectivity index (χ2v) is 4.94. The number of nitriles is 1. The van der Waals surface area contributed by atoms with Crippen molar-refractivity contribution >= 4 is 16.9 Å². The molecule has 1 unspecified atom stereocenters. The molecule has 20 heavy (non-hydrogen) atoms. The van der Waals surface area contributed by atoms with Crippen molar-refractivity contribution in [2.24, 2.45) is 0 Å². The highest BCUT2D eigenvalue weighted by molar-refractivity contribution is 6.03. The van der Waals surface area contributed by atoms with E-state index in [4.69, 9.17) is 10.00 Å². The lowest BCUT2D eigenvalue weighted by atomic mass is 10.0. The van der Waals surface area contributed by atoms with Crippen LogP contribution in [0.5, 0.6) is 0 Å². The standard InChI is InChI=1S/C16H16N2O2/c1-10(2)15-8-13(16(19)20-11(3)9-17)12-6-4-5-7-14(12)18-15/h4-8,10-11H,1-3H3. The molecule has 0 aliphatic heterocycles. The van der Waals surface area contributed by atoms with E-state index in [2.05, 4.69) is 4.98 Å². The topological polar surface area (TPSA) is 63.0 Å². The molecule has 0 saturated heterocycles. The number of para-hydroxylation sites is 1. The van der Waals surface area contributed by atoms with E-state index in [9.17, 15) is 4.79 Å². The van der Waals surface area contributed by atoms with Gasteiger partial charge in [-0.05, 0) is 25.0 Å². The number of hydrogen-bond acceptors (Lipinski definition) is 4. The van der Waals surface area contributed by atoms with Gasteiger partial charge in [0.15, 0.2) is 6.10 Å². The number of carbonyl (C=O) groups is 1. The number of esters is 1. The number of nitrogens with zero attached hydrogens (tertiary/aromatic N) is 2. The smallest absolute Gasteiger partial charge is 0.340 e. The molecular weight excluding hydrogens is 252 g/mol. The Morgan fingerprint density at radius 2 is 2.00 bits per heavy atom. The van der Waals surface area contributed by atoms with Crippen LogP contribution in [0.2, 0.25) is 0 Å². The van der Waals surface area contributed by atoms with E-state index < -0.39 is 12.1 Å². The first-order valence-corrected chi connectivity index (χ1v) is 6.53. The zero-order valence-electron chi connectivity index (χ0n) is 11.8. The number of hydrogen-bond donors (Lipinski definition) is 0. The molecule has 2 rings (SSSR count). The van der Waals surface area contributed by atoms with E-state index in [1.54, 1.807) is 13.0 Å². The molecule has 0 aliphatic carbocycles. The first kappa shape index (κ1) is 14.0. The van der Waals surface area contributed by atoms with Crippen LogP contribution in [-0.2, 0) is 4.74 Å². The molecular formula is C16H16N2O2. The Balaban J connectivity index is 2.55. The number of pyridine rings is 1. The average molecular weight is 268 g/mol. The van der Waals surface area contributed by atoms with Crippen LogP contribution in [0.25, 0.3) is 10.9 Å². The van der Waals surface area contributed by atoms with Crippen molar-refractivity contribution in [3.63, 3.8) is 0 Å². The summed E-state index contributed by atoms with van der Waals surface area (Å²) in [5, 5.41) is 9.49. The molecule has 102 valence electrons. The van der Waals surface area contributed by atoms with Crippen LogP contribution in [0.3, 0.4) is 0 Å². The van der Waals surface area contributed by atoms with Crippen molar-refractivity contribution in [3.8, 4) is 6.07 Å². The second-order valence-electron chi connectivity index (χ2n) is 4.94. The van der Waals surface area contributed by atoms with Crippen LogP contribution in [0.1, 0.15) is 42.7 Å². The highest BCUT2D eigenvalue weighted by Gasteiger charge is 2.17. The molecule has 0 saturated carbocycles. The van der Waals surface area contributed by atoms with E-state index in [-0.39, 0.29) is 5.92 Å². The van der Waals surface area contributed by atoms with Gasteiger partial charge in [0, 0.05) is 11.1 Å². The molecule has 0 amide bonds. The number of aromatic nitrogens is 1. The fourth-order valence-corrected chi connectivity index (χ4v) is 1.91. The van der Waals surface area contributed by atoms with Crippen LogP contribution < -0.4 is 0 Å². The van der Waals surface area contributed by atoms with Crippen LogP contribution in [-0.4, -0.2) is 17.1 Å². The van der Waals surface area contributed by atoms with Crippen molar-refractivity contribution in [1.82, 2.24) is 4.98 Å². The third-order valence-corrected chi connectivity index (χ3v) is 3.01. The van der Waals surface area contributed by atoms with Crippen LogP contribution in [0.4, 0.5) is 0 Å². The molecule has 4 heteroatoms. The van der Waals surface area contributed by atoms with Crippen molar-refractivity contribution < 1.29 is 9.53 Å². The monoisotopic (exact) mass is 268 g/mol. The molecule has 0 bridgehead atoms. The predicted molar refractivity (Wildman–Crippen MR) is 76.3 cm³/mol. The number of rotatable bonds is 3. The third kappa shape index (κ3) is 2.77. The van der Waals surface area contributed by atoms with Crippen LogP contribution in [0, 0.1) is 11.3 Å². The molecule has 1 heterocycles. The summed E-state index contributed by atoms with van der Waals surface area (Å²) < 4.78 is 5.10. The maximum atomic E-state index is 12.2. The molecule has 0 aliphatic rings. The zero-order chi connectivity index (χ0) is 14.7. The Morgan fingerprint density at radius 1 is 1.30 bits per heavy atom. The minimum atomic E-state index is -0.767. The Bertz CT molecular complexity index is 686. The van der Waals surface area contributed by atoms with E-state index in [0.717, 1.165) is 16.6 Å². The summed E-state index contributed by atoms with van der Waals surface area (Å²) in [5.74, 6) is -0.279. The quantitative estimate of drug-likeness (QED) is 0.800. The van der Waals surface area contributed by atoms with Crippen molar-refractivity contribution in [2.45, 2.75) is 32.8 Å². The van der Waals surface area contributed by atoms with Crippen molar-refractivity contribution in [3.05, 3.63) is 41.6 Å². The van der Waals surface area contributed by atoms with Gasteiger partial charge in [-0.25, -0.2) is 4.79 Å². The first-order chi connectivity index (χ1) is 9.52. The lowest BCUT2D eigenvalue weighted by Gasteiger charge is -2.12. The van der Waals surface area contributed by atoms with Crippen molar-refractivity contribution in [1.29, 1.82) is 5.26 Å². The molecule has 1 atom stereocenters. The minimum absolute atomic E-state index is 0.208. The zero-order valence-corrected chi connectivity index (χ0v) is 11.8. The van der Waals surface area contributed by atoms with Crippen LogP contribution in [0.15, 0.2) is 30.3 Å². The van der Waals surface area contributed by atoms with Gasteiger partial charge in [-0.2, -0.15) is 5.26 Å². The summed E-state index contributed by atoms with van der Waals surface area (Å²) in [6, 6.07) is 11.1. The van der Waals surface area contributed by atoms with Gasteiger partial charge in [0.05, 0.1) is 11.1 Å². The summed E-state index contributed by atoms with van der Waals surface area (Å²) in [6.45, 7) is 5.58. The maximum absolute atomic E-state index is 12.2. The largest absolute Gasteiger partial charge is 0.444 e. The average Bonchev–Trinajstić information content (AvgIpc) is 2.45. The molecule has 0 N–H and O–H groups in total.